The van der Waals surface area contributed by atoms with E-state index in [1.54, 1.807) is 32.2 Å². The molecule has 3 N–H and O–H groups in total. The van der Waals surface area contributed by atoms with Gasteiger partial charge in [-0.25, -0.2) is 0 Å². The molecule has 0 fully saturated rings. The van der Waals surface area contributed by atoms with Crippen LogP contribution in [-0.2, 0) is 35.5 Å². The van der Waals surface area contributed by atoms with Crippen molar-refractivity contribution in [3.63, 3.8) is 0 Å². The Hall–Kier alpha value is -3.81. The summed E-state index contributed by atoms with van der Waals surface area (Å²) >= 11 is 0. The number of furan rings is 1. The molecule has 0 atom stereocenters. The fraction of sp³-hybridized carbons (Fsp3) is 0.276. The summed E-state index contributed by atoms with van der Waals surface area (Å²) in [6, 6.07) is 19.5. The number of aliphatic hydroxyl groups is 1. The number of fused-ring (bicyclic) bond motifs is 1. The van der Waals surface area contributed by atoms with E-state index >= 15 is 0 Å². The number of carbonyl (C=O) groups excluding carboxylic acids is 1. The molecule has 0 saturated carbocycles. The maximum absolute atomic E-state index is 12.1. The Bertz CT molecular complexity index is 1340. The third-order valence-corrected chi connectivity index (χ3v) is 6.00. The zero-order chi connectivity index (χ0) is 25.5. The molecule has 188 valence electrons. The summed E-state index contributed by atoms with van der Waals surface area (Å²) in [6.07, 6.45) is 0.448. The van der Waals surface area contributed by atoms with E-state index in [1.165, 1.54) is 0 Å². The molecule has 0 saturated heterocycles. The van der Waals surface area contributed by atoms with E-state index in [0.717, 1.165) is 27.6 Å². The van der Waals surface area contributed by atoms with E-state index in [4.69, 9.17) is 24.4 Å². The number of carbonyl (C=O) groups is 1. The van der Waals surface area contributed by atoms with Crippen molar-refractivity contribution in [3.05, 3.63) is 83.1 Å². The van der Waals surface area contributed by atoms with E-state index in [1.807, 2.05) is 30.3 Å². The molecular weight excluding hydrogens is 458 g/mol. The van der Waals surface area contributed by atoms with Gasteiger partial charge in [0.15, 0.2) is 0 Å². The van der Waals surface area contributed by atoms with Gasteiger partial charge in [-0.3, -0.25) is 4.79 Å². The van der Waals surface area contributed by atoms with E-state index in [9.17, 15) is 9.90 Å². The third kappa shape index (κ3) is 5.70. The van der Waals surface area contributed by atoms with Crippen LogP contribution in [0.4, 0.5) is 0 Å². The smallest absolute Gasteiger partial charge is 0.310 e. The first kappa shape index (κ1) is 25.3. The van der Waals surface area contributed by atoms with Crippen LogP contribution in [0.3, 0.4) is 0 Å². The van der Waals surface area contributed by atoms with E-state index < -0.39 is 0 Å². The van der Waals surface area contributed by atoms with Crippen LogP contribution in [0.1, 0.15) is 29.4 Å². The molecule has 0 bridgehead atoms. The average Bonchev–Trinajstić information content (AvgIpc) is 3.24. The highest BCUT2D eigenvalue weighted by molar-refractivity contribution is 5.87. The van der Waals surface area contributed by atoms with Gasteiger partial charge in [0.05, 0.1) is 26.7 Å². The number of methoxy groups -OCH3 is 1. The van der Waals surface area contributed by atoms with Crippen molar-refractivity contribution in [3.8, 4) is 22.6 Å². The Balaban J connectivity index is 1.69. The first-order valence-corrected chi connectivity index (χ1v) is 12.0. The topological polar surface area (TPSA) is 104 Å². The summed E-state index contributed by atoms with van der Waals surface area (Å²) in [5.74, 6) is 1.48. The Morgan fingerprint density at radius 1 is 1.06 bits per heavy atom. The third-order valence-electron chi connectivity index (χ3n) is 6.00. The number of nitrogens with two attached hydrogens (primary N) is 1. The van der Waals surface area contributed by atoms with E-state index in [-0.39, 0.29) is 25.6 Å². The lowest BCUT2D eigenvalue weighted by atomic mass is 10.00. The molecule has 0 radical (unpaired) electrons. The lowest BCUT2D eigenvalue weighted by Crippen LogP contribution is -2.09. The van der Waals surface area contributed by atoms with Crippen LogP contribution in [-0.4, -0.2) is 31.4 Å². The van der Waals surface area contributed by atoms with Gasteiger partial charge in [-0.05, 0) is 47.9 Å². The molecule has 0 aliphatic heterocycles. The van der Waals surface area contributed by atoms with Crippen molar-refractivity contribution in [2.24, 2.45) is 5.73 Å². The quantitative estimate of drug-likeness (QED) is 0.292. The van der Waals surface area contributed by atoms with Crippen LogP contribution >= 0.6 is 0 Å². The van der Waals surface area contributed by atoms with Crippen LogP contribution in [0.2, 0.25) is 0 Å². The predicted octanol–water partition coefficient (Wildman–Crippen LogP) is 4.79. The van der Waals surface area contributed by atoms with E-state index in [2.05, 4.69) is 12.1 Å². The molecule has 0 aliphatic carbocycles. The lowest BCUT2D eigenvalue weighted by Gasteiger charge is -2.13. The Kier molecular flexibility index (Phi) is 8.25. The second-order valence-electron chi connectivity index (χ2n) is 8.34. The van der Waals surface area contributed by atoms with Crippen molar-refractivity contribution in [2.45, 2.75) is 32.9 Å². The largest absolute Gasteiger partial charge is 0.497 e. The van der Waals surface area contributed by atoms with Crippen LogP contribution in [0.15, 0.2) is 65.1 Å². The number of hydrogen-bond acceptors (Lipinski definition) is 7. The number of hydrogen-bond donors (Lipinski definition) is 2. The van der Waals surface area contributed by atoms with Gasteiger partial charge in [-0.15, -0.1) is 0 Å². The number of benzene rings is 3. The highest BCUT2D eigenvalue weighted by atomic mass is 16.5. The Morgan fingerprint density at radius 3 is 2.64 bits per heavy atom. The first-order chi connectivity index (χ1) is 17.6. The number of rotatable bonds is 11. The summed E-state index contributed by atoms with van der Waals surface area (Å²) < 4.78 is 22.8. The zero-order valence-corrected chi connectivity index (χ0v) is 20.6. The fourth-order valence-corrected chi connectivity index (χ4v) is 4.18. The summed E-state index contributed by atoms with van der Waals surface area (Å²) in [4.78, 5) is 12.1. The molecule has 7 nitrogen and oxygen atoms in total. The van der Waals surface area contributed by atoms with Crippen molar-refractivity contribution in [2.75, 3.05) is 20.3 Å². The maximum Gasteiger partial charge on any atom is 0.310 e. The molecule has 7 heteroatoms. The van der Waals surface area contributed by atoms with E-state index in [0.29, 0.717) is 48.0 Å². The molecule has 0 spiro atoms. The predicted molar refractivity (Wildman–Crippen MR) is 138 cm³/mol. The van der Waals surface area contributed by atoms with Gasteiger partial charge >= 0.3 is 5.97 Å². The number of ether oxygens (including phenoxy) is 3. The molecule has 0 unspecified atom stereocenters. The van der Waals surface area contributed by atoms with Crippen molar-refractivity contribution in [1.82, 2.24) is 0 Å². The number of aliphatic hydroxyl groups excluding tert-OH is 1. The summed E-state index contributed by atoms with van der Waals surface area (Å²) in [5.41, 5.74) is 11.2. The van der Waals surface area contributed by atoms with Gasteiger partial charge in [-0.2, -0.15) is 0 Å². The summed E-state index contributed by atoms with van der Waals surface area (Å²) in [6.45, 7) is 2.70. The Morgan fingerprint density at radius 2 is 1.89 bits per heavy atom. The highest BCUT2D eigenvalue weighted by Crippen LogP contribution is 2.33. The van der Waals surface area contributed by atoms with Gasteiger partial charge in [-0.1, -0.05) is 30.3 Å². The standard InChI is InChI=1S/C29H31NO6/c1-3-34-29(32)15-22-7-9-23(33-2)16-28(22)35-18-25-24-14-21(20-6-4-5-19(13-20)17-30)8-10-26(24)36-27(25)11-12-31/h4-10,13-14,16,31H,3,11-12,15,17-18,30H2,1-2H3. The molecule has 4 aromatic rings. The van der Waals surface area contributed by atoms with Crippen LogP contribution in [0.5, 0.6) is 11.5 Å². The highest BCUT2D eigenvalue weighted by Gasteiger charge is 2.18. The minimum absolute atomic E-state index is 0.0501. The molecule has 1 aromatic heterocycles. The monoisotopic (exact) mass is 489 g/mol. The van der Waals surface area contributed by atoms with Crippen LogP contribution in [0.25, 0.3) is 22.1 Å². The Labute approximate surface area is 210 Å². The molecule has 3 aromatic carbocycles. The van der Waals surface area contributed by atoms with Gasteiger partial charge in [0, 0.05) is 35.5 Å². The SMILES string of the molecule is CCOC(=O)Cc1ccc(OC)cc1OCc1c(CCO)oc2ccc(-c3cccc(CN)c3)cc12. The minimum Gasteiger partial charge on any atom is -0.497 e. The molecule has 4 rings (SSSR count). The van der Waals surface area contributed by atoms with Crippen molar-refractivity contribution < 1.29 is 28.5 Å². The van der Waals surface area contributed by atoms with Crippen LogP contribution in [0, 0.1) is 0 Å². The first-order valence-electron chi connectivity index (χ1n) is 12.0. The number of esters is 1. The second-order valence-corrected chi connectivity index (χ2v) is 8.34. The summed E-state index contributed by atoms with van der Waals surface area (Å²) in [7, 11) is 1.58. The van der Waals surface area contributed by atoms with Gasteiger partial charge in [0.2, 0.25) is 0 Å². The second kappa shape index (κ2) is 11.7. The maximum atomic E-state index is 12.1. The van der Waals surface area contributed by atoms with Gasteiger partial charge < -0.3 is 29.5 Å². The average molecular weight is 490 g/mol. The molecular formula is C29H31NO6. The molecule has 1 heterocycles. The summed E-state index contributed by atoms with van der Waals surface area (Å²) in [5, 5.41) is 10.5. The molecule has 0 aliphatic rings. The molecule has 0 amide bonds. The zero-order valence-electron chi connectivity index (χ0n) is 20.6. The van der Waals surface area contributed by atoms with Gasteiger partial charge in [0.1, 0.15) is 29.4 Å². The van der Waals surface area contributed by atoms with Crippen LogP contribution < -0.4 is 15.2 Å². The minimum atomic E-state index is -0.327. The van der Waals surface area contributed by atoms with Crippen molar-refractivity contribution >= 4 is 16.9 Å². The lowest BCUT2D eigenvalue weighted by molar-refractivity contribution is -0.142. The fourth-order valence-electron chi connectivity index (χ4n) is 4.18. The molecule has 36 heavy (non-hydrogen) atoms. The van der Waals surface area contributed by atoms with Gasteiger partial charge in [0.25, 0.3) is 0 Å². The normalized spacial score (nSPS) is 11.0. The van der Waals surface area contributed by atoms with Crippen molar-refractivity contribution in [1.29, 1.82) is 0 Å².